The van der Waals surface area contributed by atoms with Crippen LogP contribution in [0.5, 0.6) is 0 Å². The van der Waals surface area contributed by atoms with Gasteiger partial charge >= 0.3 is 5.69 Å². The van der Waals surface area contributed by atoms with Crippen molar-refractivity contribution < 1.29 is 8.42 Å². The van der Waals surface area contributed by atoms with E-state index in [0.717, 1.165) is 14.3 Å². The Hall–Kier alpha value is -4.51. The summed E-state index contributed by atoms with van der Waals surface area (Å²) in [5, 5.41) is 17.5. The Labute approximate surface area is 241 Å². The molecule has 41 heavy (non-hydrogen) atoms. The van der Waals surface area contributed by atoms with Gasteiger partial charge in [0.1, 0.15) is 11.8 Å². The molecule has 3 heterocycles. The molecule has 3 aromatic heterocycles. The highest BCUT2D eigenvalue weighted by molar-refractivity contribution is 7.90. The molecule has 0 bridgehead atoms. The van der Waals surface area contributed by atoms with Crippen molar-refractivity contribution in [2.75, 3.05) is 0 Å². The number of aromatic amines is 1. The Bertz CT molecular complexity index is 2180. The molecule has 0 aliphatic rings. The number of nitrogens with zero attached hydrogens (tertiary/aromatic N) is 6. The second-order valence-corrected chi connectivity index (χ2v) is 11.9. The van der Waals surface area contributed by atoms with Gasteiger partial charge in [-0.1, -0.05) is 40.9 Å². The Morgan fingerprint density at radius 2 is 1.61 bits per heavy atom. The molecule has 1 N–H and O–H groups in total. The maximum atomic E-state index is 13.8. The lowest BCUT2D eigenvalue weighted by atomic mass is 10.1. The molecule has 0 aliphatic carbocycles. The summed E-state index contributed by atoms with van der Waals surface area (Å²) in [6.07, 6.45) is 0. The van der Waals surface area contributed by atoms with Gasteiger partial charge in [0.25, 0.3) is 21.1 Å². The summed E-state index contributed by atoms with van der Waals surface area (Å²) in [6.45, 7) is 5.28. The summed E-state index contributed by atoms with van der Waals surface area (Å²) in [6, 6.07) is 12.7. The number of nitrogens with one attached hydrogen (secondary N) is 1. The first-order chi connectivity index (χ1) is 19.3. The second-order valence-electron chi connectivity index (χ2n) is 9.30. The monoisotopic (exact) mass is 611 g/mol. The van der Waals surface area contributed by atoms with Gasteiger partial charge in [0.2, 0.25) is 5.69 Å². The van der Waals surface area contributed by atoms with Crippen LogP contribution in [0.3, 0.4) is 0 Å². The molecular formula is C26H19Cl2N7O5S. The molecule has 2 aromatic carbocycles. The van der Waals surface area contributed by atoms with Gasteiger partial charge in [0.15, 0.2) is 5.65 Å². The molecule has 208 valence electrons. The number of aromatic nitrogens is 6. The summed E-state index contributed by atoms with van der Waals surface area (Å²) in [7, 11) is -4.30. The lowest BCUT2D eigenvalue weighted by Crippen LogP contribution is -2.33. The average molecular weight is 612 g/mol. The Morgan fingerprint density at radius 3 is 2.20 bits per heavy atom. The van der Waals surface area contributed by atoms with Gasteiger partial charge in [0.05, 0.1) is 20.6 Å². The van der Waals surface area contributed by atoms with Crippen molar-refractivity contribution in [3.63, 3.8) is 0 Å². The summed E-state index contributed by atoms with van der Waals surface area (Å²) < 4.78 is 30.5. The smallest absolute Gasteiger partial charge is 0.289 e. The van der Waals surface area contributed by atoms with Crippen molar-refractivity contribution in [1.29, 1.82) is 5.26 Å². The minimum Gasteiger partial charge on any atom is -0.289 e. The molecule has 0 spiro atoms. The number of H-pyrrole nitrogens is 1. The van der Waals surface area contributed by atoms with E-state index >= 15 is 0 Å². The predicted octanol–water partition coefficient (Wildman–Crippen LogP) is 3.40. The van der Waals surface area contributed by atoms with E-state index in [9.17, 15) is 22.8 Å². The number of pyridine rings is 1. The van der Waals surface area contributed by atoms with Crippen LogP contribution in [0.4, 0.5) is 0 Å². The normalized spacial score (nSPS) is 11.7. The van der Waals surface area contributed by atoms with E-state index < -0.39 is 38.6 Å². The standard InChI is InChI=1S/C26H19Cl2N7O5S/c1-13(2)33-21(36)9-8-17-23(32-35(25(17)33)41(39,40)16-6-4-14(3)5-7-16)22-18(27)10-15(11-19(22)28)34-26(38)30-24(37)20(12-29)31-34/h4-11,13H,1-3H3,(H,30,37,38). The minimum absolute atomic E-state index is 0.0106. The number of nitriles is 1. The zero-order chi connectivity index (χ0) is 29.8. The first-order valence-electron chi connectivity index (χ1n) is 11.9. The number of benzene rings is 2. The quantitative estimate of drug-likeness (QED) is 0.315. The lowest BCUT2D eigenvalue weighted by molar-refractivity contribution is 0.568. The van der Waals surface area contributed by atoms with Crippen molar-refractivity contribution in [3.05, 3.63) is 101 Å². The van der Waals surface area contributed by atoms with Crippen molar-refractivity contribution in [1.82, 2.24) is 28.5 Å². The van der Waals surface area contributed by atoms with Crippen LogP contribution >= 0.6 is 23.2 Å². The average Bonchev–Trinajstić information content (AvgIpc) is 3.28. The third-order valence-electron chi connectivity index (χ3n) is 6.23. The van der Waals surface area contributed by atoms with Crippen LogP contribution < -0.4 is 16.8 Å². The lowest BCUT2D eigenvalue weighted by Gasteiger charge is -2.14. The van der Waals surface area contributed by atoms with Crippen molar-refractivity contribution >= 4 is 44.3 Å². The van der Waals surface area contributed by atoms with E-state index in [1.807, 2.05) is 11.9 Å². The SMILES string of the molecule is Cc1ccc(S(=O)(=O)n2nc(-c3c(Cl)cc(-n4nc(C#N)c(=O)[nH]c4=O)cc3Cl)c3ccc(=O)n(C(C)C)c32)cc1. The highest BCUT2D eigenvalue weighted by Gasteiger charge is 2.29. The number of fused-ring (bicyclic) bond motifs is 1. The molecule has 0 amide bonds. The van der Waals surface area contributed by atoms with E-state index in [2.05, 4.69) is 10.2 Å². The van der Waals surface area contributed by atoms with Gasteiger partial charge in [-0.05, 0) is 51.1 Å². The largest absolute Gasteiger partial charge is 0.349 e. The van der Waals surface area contributed by atoms with Gasteiger partial charge in [0, 0.05) is 23.1 Å². The Balaban J connectivity index is 1.82. The summed E-state index contributed by atoms with van der Waals surface area (Å²) >= 11 is 13.3. The topological polar surface area (TPSA) is 165 Å². The maximum Gasteiger partial charge on any atom is 0.349 e. The highest BCUT2D eigenvalue weighted by atomic mass is 35.5. The first-order valence-corrected chi connectivity index (χ1v) is 14.1. The molecule has 0 saturated carbocycles. The van der Waals surface area contributed by atoms with Crippen molar-refractivity contribution in [2.45, 2.75) is 31.7 Å². The molecular weight excluding hydrogens is 593 g/mol. The van der Waals surface area contributed by atoms with E-state index in [1.165, 1.54) is 41.0 Å². The van der Waals surface area contributed by atoms with Crippen molar-refractivity contribution in [3.8, 4) is 23.0 Å². The Kier molecular flexibility index (Phi) is 6.94. The van der Waals surface area contributed by atoms with Crippen LogP contribution in [-0.2, 0) is 10.0 Å². The van der Waals surface area contributed by atoms with E-state index in [-0.39, 0.29) is 42.9 Å². The predicted molar refractivity (Wildman–Crippen MR) is 152 cm³/mol. The first kappa shape index (κ1) is 28.0. The molecule has 0 radical (unpaired) electrons. The molecule has 0 unspecified atom stereocenters. The van der Waals surface area contributed by atoms with Crippen LogP contribution in [-0.4, -0.2) is 36.9 Å². The number of hydrogen-bond donors (Lipinski definition) is 1. The third kappa shape index (κ3) is 4.65. The van der Waals surface area contributed by atoms with Crippen LogP contribution in [0.15, 0.2) is 67.8 Å². The number of rotatable bonds is 5. The van der Waals surface area contributed by atoms with E-state index in [1.54, 1.807) is 32.0 Å². The molecule has 5 aromatic rings. The van der Waals surface area contributed by atoms with Gasteiger partial charge in [-0.25, -0.2) is 4.79 Å². The summed E-state index contributed by atoms with van der Waals surface area (Å²) in [5.74, 6) is 0. The zero-order valence-electron chi connectivity index (χ0n) is 21.6. The maximum absolute atomic E-state index is 13.8. The third-order valence-corrected chi connectivity index (χ3v) is 8.41. The van der Waals surface area contributed by atoms with Crippen LogP contribution in [0.1, 0.15) is 31.1 Å². The highest BCUT2D eigenvalue weighted by Crippen LogP contribution is 2.40. The molecule has 12 nitrogen and oxygen atoms in total. The molecule has 15 heteroatoms. The fourth-order valence-electron chi connectivity index (χ4n) is 4.33. The number of halogens is 2. The summed E-state index contributed by atoms with van der Waals surface area (Å²) in [4.78, 5) is 39.0. The van der Waals surface area contributed by atoms with Gasteiger partial charge in [-0.15, -0.1) is 9.19 Å². The Morgan fingerprint density at radius 1 is 0.976 bits per heavy atom. The molecule has 0 saturated heterocycles. The number of hydrogen-bond acceptors (Lipinski definition) is 8. The fraction of sp³-hybridized carbons (Fsp3) is 0.154. The number of aryl methyl sites for hydroxylation is 1. The van der Waals surface area contributed by atoms with E-state index in [0.29, 0.717) is 0 Å². The molecule has 0 aliphatic heterocycles. The zero-order valence-corrected chi connectivity index (χ0v) is 23.9. The fourth-order valence-corrected chi connectivity index (χ4v) is 6.27. The molecule has 0 atom stereocenters. The van der Waals surface area contributed by atoms with E-state index in [4.69, 9.17) is 28.5 Å². The van der Waals surface area contributed by atoms with Crippen LogP contribution in [0.2, 0.25) is 10.0 Å². The molecule has 0 fully saturated rings. The molecule has 5 rings (SSSR count). The van der Waals surface area contributed by atoms with Gasteiger partial charge < -0.3 is 0 Å². The minimum atomic E-state index is -4.30. The van der Waals surface area contributed by atoms with Gasteiger partial charge in [-0.2, -0.15) is 23.5 Å². The van der Waals surface area contributed by atoms with Crippen LogP contribution in [0.25, 0.3) is 28.0 Å². The van der Waals surface area contributed by atoms with Crippen molar-refractivity contribution in [2.24, 2.45) is 0 Å². The second kappa shape index (κ2) is 10.2. The van der Waals surface area contributed by atoms with Crippen LogP contribution in [0, 0.1) is 18.3 Å². The summed E-state index contributed by atoms with van der Waals surface area (Å²) in [5.41, 5.74) is -1.82. The van der Waals surface area contributed by atoms with Gasteiger partial charge in [-0.3, -0.25) is 19.1 Å².